The second-order valence-corrected chi connectivity index (χ2v) is 5.25. The summed E-state index contributed by atoms with van der Waals surface area (Å²) in [4.78, 5) is 14.0. The van der Waals surface area contributed by atoms with Crippen molar-refractivity contribution in [3.05, 3.63) is 66.0 Å². The summed E-state index contributed by atoms with van der Waals surface area (Å²) in [5.41, 5.74) is 1.73. The standard InChI is InChI=1S/C17H17N3O/c1-19(17(21)16-10-18-20(2)12-16)11-13-7-8-14-5-3-4-6-15(14)9-13/h3-10,12H,11H2,1-2H3. The number of carbonyl (C=O) groups is 1. The number of rotatable bonds is 3. The number of hydrogen-bond acceptors (Lipinski definition) is 2. The number of carbonyl (C=O) groups excluding carboxylic acids is 1. The molecule has 0 saturated heterocycles. The molecule has 0 aliphatic rings. The Balaban J connectivity index is 1.79. The van der Waals surface area contributed by atoms with Gasteiger partial charge in [-0.25, -0.2) is 0 Å². The van der Waals surface area contributed by atoms with Crippen molar-refractivity contribution in [1.29, 1.82) is 0 Å². The van der Waals surface area contributed by atoms with E-state index in [9.17, 15) is 4.79 Å². The minimum Gasteiger partial charge on any atom is -0.337 e. The maximum absolute atomic E-state index is 12.3. The highest BCUT2D eigenvalue weighted by Crippen LogP contribution is 2.17. The van der Waals surface area contributed by atoms with Crippen molar-refractivity contribution in [2.24, 2.45) is 7.05 Å². The third-order valence-electron chi connectivity index (χ3n) is 3.53. The van der Waals surface area contributed by atoms with Crippen LogP contribution in [0, 0.1) is 0 Å². The van der Waals surface area contributed by atoms with Crippen molar-refractivity contribution in [3.8, 4) is 0 Å². The normalized spacial score (nSPS) is 10.8. The Morgan fingerprint density at radius 2 is 1.95 bits per heavy atom. The molecule has 0 radical (unpaired) electrons. The van der Waals surface area contributed by atoms with Gasteiger partial charge in [0, 0.05) is 26.8 Å². The van der Waals surface area contributed by atoms with E-state index in [1.807, 2.05) is 19.2 Å². The Bertz CT molecular complexity index is 791. The van der Waals surface area contributed by atoms with Gasteiger partial charge in [0.2, 0.25) is 0 Å². The zero-order valence-electron chi connectivity index (χ0n) is 12.2. The first kappa shape index (κ1) is 13.4. The predicted octanol–water partition coefficient (Wildman–Crippen LogP) is 2.85. The van der Waals surface area contributed by atoms with Crippen LogP contribution in [0.4, 0.5) is 0 Å². The van der Waals surface area contributed by atoms with E-state index in [2.05, 4.69) is 35.4 Å². The first-order chi connectivity index (χ1) is 10.1. The van der Waals surface area contributed by atoms with Crippen LogP contribution in [0.1, 0.15) is 15.9 Å². The van der Waals surface area contributed by atoms with Gasteiger partial charge in [-0.15, -0.1) is 0 Å². The molecule has 0 fully saturated rings. The molecule has 0 spiro atoms. The van der Waals surface area contributed by atoms with Crippen molar-refractivity contribution in [1.82, 2.24) is 14.7 Å². The summed E-state index contributed by atoms with van der Waals surface area (Å²) in [6, 6.07) is 14.5. The lowest BCUT2D eigenvalue weighted by Gasteiger charge is -2.16. The van der Waals surface area contributed by atoms with Crippen molar-refractivity contribution in [3.63, 3.8) is 0 Å². The molecule has 4 heteroatoms. The van der Waals surface area contributed by atoms with Crippen molar-refractivity contribution in [2.45, 2.75) is 6.54 Å². The van der Waals surface area contributed by atoms with E-state index in [-0.39, 0.29) is 5.91 Å². The topological polar surface area (TPSA) is 38.1 Å². The third-order valence-corrected chi connectivity index (χ3v) is 3.53. The van der Waals surface area contributed by atoms with Gasteiger partial charge in [-0.3, -0.25) is 9.48 Å². The van der Waals surface area contributed by atoms with Gasteiger partial charge in [-0.1, -0.05) is 36.4 Å². The van der Waals surface area contributed by atoms with E-state index >= 15 is 0 Å². The van der Waals surface area contributed by atoms with Crippen LogP contribution in [-0.4, -0.2) is 27.6 Å². The van der Waals surface area contributed by atoms with E-state index in [0.717, 1.165) is 5.56 Å². The van der Waals surface area contributed by atoms with Crippen LogP contribution >= 0.6 is 0 Å². The van der Waals surface area contributed by atoms with Crippen LogP contribution < -0.4 is 0 Å². The SMILES string of the molecule is CN(Cc1ccc2ccccc2c1)C(=O)c1cnn(C)c1. The Labute approximate surface area is 123 Å². The zero-order chi connectivity index (χ0) is 14.8. The number of nitrogens with zero attached hydrogens (tertiary/aromatic N) is 3. The average Bonchev–Trinajstić information content (AvgIpc) is 2.93. The molecule has 1 heterocycles. The number of benzene rings is 2. The Morgan fingerprint density at radius 1 is 1.19 bits per heavy atom. The first-order valence-corrected chi connectivity index (χ1v) is 6.85. The molecule has 4 nitrogen and oxygen atoms in total. The molecule has 3 aromatic rings. The highest BCUT2D eigenvalue weighted by atomic mass is 16.2. The number of aryl methyl sites for hydroxylation is 1. The minimum absolute atomic E-state index is 0.0174. The molecule has 1 amide bonds. The smallest absolute Gasteiger partial charge is 0.257 e. The summed E-state index contributed by atoms with van der Waals surface area (Å²) in [6.07, 6.45) is 3.33. The van der Waals surface area contributed by atoms with Gasteiger partial charge in [0.1, 0.15) is 0 Å². The highest BCUT2D eigenvalue weighted by molar-refractivity contribution is 5.93. The molecule has 1 aromatic heterocycles. The number of aromatic nitrogens is 2. The molecular formula is C17H17N3O. The predicted molar refractivity (Wildman–Crippen MR) is 83.0 cm³/mol. The molecule has 21 heavy (non-hydrogen) atoms. The van der Waals surface area contributed by atoms with Crippen LogP contribution in [0.15, 0.2) is 54.9 Å². The second-order valence-electron chi connectivity index (χ2n) is 5.25. The van der Waals surface area contributed by atoms with Gasteiger partial charge >= 0.3 is 0 Å². The van der Waals surface area contributed by atoms with E-state index in [1.54, 1.807) is 29.0 Å². The van der Waals surface area contributed by atoms with Crippen LogP contribution in [-0.2, 0) is 13.6 Å². The summed E-state index contributed by atoms with van der Waals surface area (Å²) >= 11 is 0. The molecule has 0 atom stereocenters. The minimum atomic E-state index is -0.0174. The molecule has 0 N–H and O–H groups in total. The van der Waals surface area contributed by atoms with Crippen molar-refractivity contribution >= 4 is 16.7 Å². The van der Waals surface area contributed by atoms with E-state index in [0.29, 0.717) is 12.1 Å². The quantitative estimate of drug-likeness (QED) is 0.739. The Morgan fingerprint density at radius 3 is 2.67 bits per heavy atom. The first-order valence-electron chi connectivity index (χ1n) is 6.85. The molecular weight excluding hydrogens is 262 g/mol. The lowest BCUT2D eigenvalue weighted by Crippen LogP contribution is -2.25. The van der Waals surface area contributed by atoms with Gasteiger partial charge in [0.25, 0.3) is 5.91 Å². The molecule has 106 valence electrons. The number of fused-ring (bicyclic) bond motifs is 1. The molecule has 3 rings (SSSR count). The largest absolute Gasteiger partial charge is 0.337 e. The molecule has 2 aromatic carbocycles. The van der Waals surface area contributed by atoms with Crippen LogP contribution in [0.5, 0.6) is 0 Å². The average molecular weight is 279 g/mol. The number of hydrogen-bond donors (Lipinski definition) is 0. The van der Waals surface area contributed by atoms with Crippen LogP contribution in [0.2, 0.25) is 0 Å². The van der Waals surface area contributed by atoms with Crippen molar-refractivity contribution < 1.29 is 4.79 Å². The van der Waals surface area contributed by atoms with E-state index < -0.39 is 0 Å². The summed E-state index contributed by atoms with van der Waals surface area (Å²) in [5, 5.41) is 6.44. The van der Waals surface area contributed by atoms with Crippen LogP contribution in [0.25, 0.3) is 10.8 Å². The molecule has 0 aliphatic carbocycles. The summed E-state index contributed by atoms with van der Waals surface area (Å²) in [6.45, 7) is 0.582. The lowest BCUT2D eigenvalue weighted by atomic mass is 10.1. The fourth-order valence-corrected chi connectivity index (χ4v) is 2.43. The molecule has 0 unspecified atom stereocenters. The van der Waals surface area contributed by atoms with Gasteiger partial charge < -0.3 is 4.90 Å². The fourth-order valence-electron chi connectivity index (χ4n) is 2.43. The van der Waals surface area contributed by atoms with E-state index in [4.69, 9.17) is 0 Å². The van der Waals surface area contributed by atoms with Gasteiger partial charge in [-0.2, -0.15) is 5.10 Å². The lowest BCUT2D eigenvalue weighted by molar-refractivity contribution is 0.0785. The van der Waals surface area contributed by atoms with Gasteiger partial charge in [0.15, 0.2) is 0 Å². The second kappa shape index (κ2) is 5.40. The maximum atomic E-state index is 12.3. The molecule has 0 saturated carbocycles. The van der Waals surface area contributed by atoms with Gasteiger partial charge in [-0.05, 0) is 22.4 Å². The maximum Gasteiger partial charge on any atom is 0.257 e. The Hall–Kier alpha value is -2.62. The summed E-state index contributed by atoms with van der Waals surface area (Å²) < 4.78 is 1.64. The third kappa shape index (κ3) is 2.79. The zero-order valence-corrected chi connectivity index (χ0v) is 12.2. The van der Waals surface area contributed by atoms with Crippen LogP contribution in [0.3, 0.4) is 0 Å². The van der Waals surface area contributed by atoms with Crippen molar-refractivity contribution in [2.75, 3.05) is 7.05 Å². The Kier molecular flexibility index (Phi) is 3.44. The van der Waals surface area contributed by atoms with Gasteiger partial charge in [0.05, 0.1) is 11.8 Å². The number of amides is 1. The van der Waals surface area contributed by atoms with E-state index in [1.165, 1.54) is 10.8 Å². The summed E-state index contributed by atoms with van der Waals surface area (Å²) in [5.74, 6) is -0.0174. The molecule has 0 aliphatic heterocycles. The molecule has 0 bridgehead atoms. The fraction of sp³-hybridized carbons (Fsp3) is 0.176. The monoisotopic (exact) mass is 279 g/mol. The highest BCUT2D eigenvalue weighted by Gasteiger charge is 2.13. The summed E-state index contributed by atoms with van der Waals surface area (Å²) in [7, 11) is 3.62.